The number of nitrogen functional groups attached to an aromatic ring is 1. The Hall–Kier alpha value is -3.51. The van der Waals surface area contributed by atoms with Gasteiger partial charge >= 0.3 is 0 Å². The van der Waals surface area contributed by atoms with E-state index in [4.69, 9.17) is 17.3 Å². The van der Waals surface area contributed by atoms with Crippen LogP contribution < -0.4 is 11.1 Å². The number of carbonyl (C=O) groups excluding carboxylic acids is 1. The van der Waals surface area contributed by atoms with Gasteiger partial charge < -0.3 is 20.2 Å². The van der Waals surface area contributed by atoms with Crippen molar-refractivity contribution in [3.05, 3.63) is 94.4 Å². The molecule has 2 aromatic heterocycles. The number of aryl methyl sites for hydroxylation is 2. The standard InChI is InChI=1S/C24H24ClN5O/c1-16-10-17(5-6-21(16)25)14-28-23(31)20-12-18(15-30-9-7-27-24(30)26)11-19(13-20)22-4-3-8-29(22)2/h3-13H,14-15H2,1-2H3,(H2,26,27)(H,28,31). The van der Waals surface area contributed by atoms with E-state index in [1.54, 1.807) is 6.20 Å². The summed E-state index contributed by atoms with van der Waals surface area (Å²) in [4.78, 5) is 17.1. The topological polar surface area (TPSA) is 77.9 Å². The quantitative estimate of drug-likeness (QED) is 0.472. The van der Waals surface area contributed by atoms with Crippen molar-refractivity contribution in [2.75, 3.05) is 5.73 Å². The van der Waals surface area contributed by atoms with E-state index in [2.05, 4.69) is 16.4 Å². The molecule has 2 aromatic carbocycles. The Morgan fingerprint density at radius 1 is 1.13 bits per heavy atom. The van der Waals surface area contributed by atoms with Gasteiger partial charge in [-0.15, -0.1) is 0 Å². The minimum Gasteiger partial charge on any atom is -0.369 e. The number of hydrogen-bond acceptors (Lipinski definition) is 3. The predicted octanol–water partition coefficient (Wildman–Crippen LogP) is 4.41. The number of halogens is 1. The number of anilines is 1. The first-order valence-corrected chi connectivity index (χ1v) is 10.3. The van der Waals surface area contributed by atoms with Crippen LogP contribution >= 0.6 is 11.6 Å². The molecule has 0 aliphatic heterocycles. The fourth-order valence-corrected chi connectivity index (χ4v) is 3.71. The van der Waals surface area contributed by atoms with Crippen LogP contribution in [0.4, 0.5) is 5.95 Å². The number of nitrogens with two attached hydrogens (primary N) is 1. The first-order chi connectivity index (χ1) is 14.9. The highest BCUT2D eigenvalue weighted by Gasteiger charge is 2.13. The van der Waals surface area contributed by atoms with Gasteiger partial charge in [-0.05, 0) is 65.6 Å². The molecule has 0 saturated carbocycles. The van der Waals surface area contributed by atoms with Gasteiger partial charge in [-0.1, -0.05) is 23.7 Å². The van der Waals surface area contributed by atoms with E-state index in [1.165, 1.54) is 0 Å². The van der Waals surface area contributed by atoms with Crippen LogP contribution in [0.15, 0.2) is 67.1 Å². The van der Waals surface area contributed by atoms with Crippen LogP contribution in [0, 0.1) is 6.92 Å². The number of nitrogens with one attached hydrogen (secondary N) is 1. The van der Waals surface area contributed by atoms with E-state index >= 15 is 0 Å². The molecule has 6 nitrogen and oxygen atoms in total. The van der Waals surface area contributed by atoms with Gasteiger partial charge in [0.15, 0.2) is 5.95 Å². The molecule has 3 N–H and O–H groups in total. The molecule has 0 aliphatic rings. The summed E-state index contributed by atoms with van der Waals surface area (Å²) >= 11 is 6.10. The lowest BCUT2D eigenvalue weighted by Gasteiger charge is -2.13. The summed E-state index contributed by atoms with van der Waals surface area (Å²) in [6.07, 6.45) is 5.48. The van der Waals surface area contributed by atoms with Gasteiger partial charge in [0.05, 0.1) is 6.54 Å². The molecule has 0 fully saturated rings. The van der Waals surface area contributed by atoms with Crippen LogP contribution in [-0.2, 0) is 20.1 Å². The Labute approximate surface area is 186 Å². The fraction of sp³-hybridized carbons (Fsp3) is 0.167. The molecule has 0 bridgehead atoms. The van der Waals surface area contributed by atoms with Gasteiger partial charge in [0, 0.05) is 48.5 Å². The van der Waals surface area contributed by atoms with E-state index < -0.39 is 0 Å². The van der Waals surface area contributed by atoms with Gasteiger partial charge in [0.1, 0.15) is 0 Å². The van der Waals surface area contributed by atoms with E-state index in [0.29, 0.717) is 29.6 Å². The van der Waals surface area contributed by atoms with Crippen molar-refractivity contribution in [2.45, 2.75) is 20.0 Å². The largest absolute Gasteiger partial charge is 0.369 e. The maximum atomic E-state index is 13.0. The van der Waals surface area contributed by atoms with Crippen molar-refractivity contribution in [1.29, 1.82) is 0 Å². The number of carbonyl (C=O) groups is 1. The van der Waals surface area contributed by atoms with E-state index in [0.717, 1.165) is 27.9 Å². The molecule has 0 radical (unpaired) electrons. The van der Waals surface area contributed by atoms with Crippen LogP contribution in [0.25, 0.3) is 11.3 Å². The van der Waals surface area contributed by atoms with Crippen LogP contribution in [0.5, 0.6) is 0 Å². The third-order valence-electron chi connectivity index (χ3n) is 5.27. The molecule has 158 valence electrons. The highest BCUT2D eigenvalue weighted by atomic mass is 35.5. The molecule has 1 amide bonds. The summed E-state index contributed by atoms with van der Waals surface area (Å²) in [6.45, 7) is 2.90. The van der Waals surface area contributed by atoms with Crippen LogP contribution in [0.1, 0.15) is 27.0 Å². The van der Waals surface area contributed by atoms with Crippen molar-refractivity contribution in [3.63, 3.8) is 0 Å². The summed E-state index contributed by atoms with van der Waals surface area (Å²) in [6, 6.07) is 15.7. The average Bonchev–Trinajstić information content (AvgIpc) is 3.36. The smallest absolute Gasteiger partial charge is 0.251 e. The van der Waals surface area contributed by atoms with Crippen LogP contribution in [-0.4, -0.2) is 20.0 Å². The number of imidazole rings is 1. The summed E-state index contributed by atoms with van der Waals surface area (Å²) in [5.41, 5.74) is 11.5. The lowest BCUT2D eigenvalue weighted by atomic mass is 10.0. The molecular formula is C24H24ClN5O. The molecule has 0 atom stereocenters. The predicted molar refractivity (Wildman–Crippen MR) is 124 cm³/mol. The molecule has 0 aliphatic carbocycles. The zero-order chi connectivity index (χ0) is 22.0. The third kappa shape index (κ3) is 4.64. The summed E-state index contributed by atoms with van der Waals surface area (Å²) in [5.74, 6) is 0.303. The van der Waals surface area contributed by atoms with Crippen molar-refractivity contribution in [2.24, 2.45) is 7.05 Å². The number of aromatic nitrogens is 3. The van der Waals surface area contributed by atoms with E-state index in [-0.39, 0.29) is 5.91 Å². The lowest BCUT2D eigenvalue weighted by molar-refractivity contribution is 0.0951. The van der Waals surface area contributed by atoms with Gasteiger partial charge in [-0.25, -0.2) is 4.98 Å². The Kier molecular flexibility index (Phi) is 5.82. The first-order valence-electron chi connectivity index (χ1n) is 9.96. The van der Waals surface area contributed by atoms with Gasteiger partial charge in [-0.3, -0.25) is 4.79 Å². The molecule has 31 heavy (non-hydrogen) atoms. The lowest BCUT2D eigenvalue weighted by Crippen LogP contribution is -2.23. The Morgan fingerprint density at radius 3 is 2.65 bits per heavy atom. The van der Waals surface area contributed by atoms with Crippen LogP contribution in [0.3, 0.4) is 0 Å². The molecule has 0 unspecified atom stereocenters. The van der Waals surface area contributed by atoms with Crippen molar-refractivity contribution >= 4 is 23.5 Å². The Morgan fingerprint density at radius 2 is 1.97 bits per heavy atom. The molecule has 4 rings (SSSR count). The van der Waals surface area contributed by atoms with Gasteiger partial charge in [0.25, 0.3) is 5.91 Å². The van der Waals surface area contributed by atoms with E-state index in [9.17, 15) is 4.79 Å². The van der Waals surface area contributed by atoms with Crippen molar-refractivity contribution in [3.8, 4) is 11.3 Å². The summed E-state index contributed by atoms with van der Waals surface area (Å²) in [5, 5.41) is 3.73. The molecular weight excluding hydrogens is 410 g/mol. The van der Waals surface area contributed by atoms with Gasteiger partial charge in [-0.2, -0.15) is 0 Å². The Balaban J connectivity index is 1.62. The average molecular weight is 434 g/mol. The minimum absolute atomic E-state index is 0.136. The Bertz CT molecular complexity index is 1240. The maximum Gasteiger partial charge on any atom is 0.251 e. The number of amides is 1. The fourth-order valence-electron chi connectivity index (χ4n) is 3.60. The molecule has 0 saturated heterocycles. The normalized spacial score (nSPS) is 10.9. The monoisotopic (exact) mass is 433 g/mol. The highest BCUT2D eigenvalue weighted by Crippen LogP contribution is 2.24. The second kappa shape index (κ2) is 8.70. The van der Waals surface area contributed by atoms with Crippen LogP contribution in [0.2, 0.25) is 5.02 Å². The minimum atomic E-state index is -0.136. The number of hydrogen-bond donors (Lipinski definition) is 2. The zero-order valence-electron chi connectivity index (χ0n) is 17.5. The second-order valence-electron chi connectivity index (χ2n) is 7.60. The third-order valence-corrected chi connectivity index (χ3v) is 5.69. The number of nitrogens with zero attached hydrogens (tertiary/aromatic N) is 3. The zero-order valence-corrected chi connectivity index (χ0v) is 18.2. The highest BCUT2D eigenvalue weighted by molar-refractivity contribution is 6.31. The first kappa shape index (κ1) is 20.8. The summed E-state index contributed by atoms with van der Waals surface area (Å²) in [7, 11) is 1.98. The van der Waals surface area contributed by atoms with Gasteiger partial charge in [0.2, 0.25) is 0 Å². The number of rotatable bonds is 6. The summed E-state index contributed by atoms with van der Waals surface area (Å²) < 4.78 is 3.88. The van der Waals surface area contributed by atoms with E-state index in [1.807, 2.05) is 78.0 Å². The molecule has 2 heterocycles. The number of benzene rings is 2. The molecule has 7 heteroatoms. The van der Waals surface area contributed by atoms with Crippen molar-refractivity contribution < 1.29 is 4.79 Å². The second-order valence-corrected chi connectivity index (χ2v) is 8.01. The maximum absolute atomic E-state index is 13.0. The van der Waals surface area contributed by atoms with Crippen molar-refractivity contribution in [1.82, 2.24) is 19.4 Å². The molecule has 0 spiro atoms. The molecule has 4 aromatic rings. The SMILES string of the molecule is Cc1cc(CNC(=O)c2cc(Cn3ccnc3N)cc(-c3cccn3C)c2)ccc1Cl.